The summed E-state index contributed by atoms with van der Waals surface area (Å²) in [6.45, 7) is 15.9. The van der Waals surface area contributed by atoms with Gasteiger partial charge in [-0.1, -0.05) is 45.0 Å². The molecule has 0 saturated carbocycles. The number of para-hydroxylation sites is 1. The first kappa shape index (κ1) is 17.1. The van der Waals surface area contributed by atoms with Gasteiger partial charge in [-0.25, -0.2) is 0 Å². The van der Waals surface area contributed by atoms with Crippen molar-refractivity contribution in [3.05, 3.63) is 42.5 Å². The maximum atomic E-state index is 6.23. The van der Waals surface area contributed by atoms with Gasteiger partial charge in [0.05, 0.1) is 0 Å². The lowest BCUT2D eigenvalue weighted by Gasteiger charge is -2.40. The van der Waals surface area contributed by atoms with Crippen molar-refractivity contribution in [2.24, 2.45) is 5.41 Å². The van der Waals surface area contributed by atoms with Crippen LogP contribution in [0.2, 0.25) is 0 Å². The molecular weight excluding hydrogens is 267 g/mol. The first-order chi connectivity index (χ1) is 10.2. The minimum absolute atomic E-state index is 0.160. The average Bonchev–Trinajstić information content (AvgIpc) is 2.83. The standard InChI is InChI=1S/C19H29BN2/c1-7-19(5,6)22(20)13-12-18(3,4)17-14(2)15-10-8-9-11-16(15)21-17/h7-11,14,17,21H,1,12-13H2,2-6H3/t14-,17+/m0/s1. The van der Waals surface area contributed by atoms with Crippen molar-refractivity contribution in [3.8, 4) is 0 Å². The van der Waals surface area contributed by atoms with Crippen LogP contribution in [-0.2, 0) is 0 Å². The Kier molecular flexibility index (Phi) is 4.77. The Hall–Kier alpha value is -1.22. The molecule has 0 spiro atoms. The number of hydrogen-bond acceptors (Lipinski definition) is 2. The number of anilines is 1. The predicted molar refractivity (Wildman–Crippen MR) is 97.4 cm³/mol. The molecule has 0 unspecified atom stereocenters. The average molecular weight is 296 g/mol. The van der Waals surface area contributed by atoms with E-state index in [4.69, 9.17) is 7.98 Å². The van der Waals surface area contributed by atoms with Gasteiger partial charge in [0, 0.05) is 23.2 Å². The molecule has 22 heavy (non-hydrogen) atoms. The minimum Gasteiger partial charge on any atom is -0.381 e. The number of rotatable bonds is 6. The van der Waals surface area contributed by atoms with E-state index in [1.807, 2.05) is 10.9 Å². The second-order valence-corrected chi connectivity index (χ2v) is 7.79. The van der Waals surface area contributed by atoms with Gasteiger partial charge in [-0.3, -0.25) is 0 Å². The van der Waals surface area contributed by atoms with Crippen molar-refractivity contribution < 1.29 is 0 Å². The topological polar surface area (TPSA) is 15.3 Å². The van der Waals surface area contributed by atoms with E-state index in [1.165, 1.54) is 11.3 Å². The fourth-order valence-corrected chi connectivity index (χ4v) is 3.34. The summed E-state index contributed by atoms with van der Waals surface area (Å²) in [6.07, 6.45) is 2.95. The monoisotopic (exact) mass is 296 g/mol. The number of nitrogens with zero attached hydrogens (tertiary/aromatic N) is 1. The van der Waals surface area contributed by atoms with E-state index in [-0.39, 0.29) is 11.0 Å². The van der Waals surface area contributed by atoms with Crippen LogP contribution in [0.15, 0.2) is 36.9 Å². The van der Waals surface area contributed by atoms with Gasteiger partial charge in [0.15, 0.2) is 7.98 Å². The van der Waals surface area contributed by atoms with E-state index in [1.54, 1.807) is 0 Å². The zero-order chi connectivity index (χ0) is 16.5. The second-order valence-electron chi connectivity index (χ2n) is 7.79. The normalized spacial score (nSPS) is 21.5. The molecule has 1 aromatic carbocycles. The third kappa shape index (κ3) is 3.25. The van der Waals surface area contributed by atoms with Gasteiger partial charge in [0.2, 0.25) is 0 Å². The molecule has 0 bridgehead atoms. The lowest BCUT2D eigenvalue weighted by molar-refractivity contribution is 0.207. The Balaban J connectivity index is 2.05. The van der Waals surface area contributed by atoms with Gasteiger partial charge in [-0.15, -0.1) is 6.58 Å². The summed E-state index contributed by atoms with van der Waals surface area (Å²) in [5.41, 5.74) is 2.70. The molecule has 2 radical (unpaired) electrons. The highest BCUT2D eigenvalue weighted by Crippen LogP contribution is 2.44. The number of hydrogen-bond donors (Lipinski definition) is 1. The van der Waals surface area contributed by atoms with Crippen LogP contribution in [0.1, 0.15) is 52.5 Å². The highest BCUT2D eigenvalue weighted by Gasteiger charge is 2.39. The van der Waals surface area contributed by atoms with Crippen LogP contribution in [-0.4, -0.2) is 30.9 Å². The summed E-state index contributed by atoms with van der Waals surface area (Å²) in [7, 11) is 6.23. The van der Waals surface area contributed by atoms with Crippen LogP contribution >= 0.6 is 0 Å². The largest absolute Gasteiger partial charge is 0.381 e. The molecule has 0 aromatic heterocycles. The summed E-state index contributed by atoms with van der Waals surface area (Å²) in [4.78, 5) is 1.90. The molecule has 2 atom stereocenters. The first-order valence-electron chi connectivity index (χ1n) is 8.20. The molecule has 2 nitrogen and oxygen atoms in total. The summed E-state index contributed by atoms with van der Waals surface area (Å²) < 4.78 is 0. The van der Waals surface area contributed by atoms with E-state index < -0.39 is 0 Å². The summed E-state index contributed by atoms with van der Waals surface area (Å²) >= 11 is 0. The van der Waals surface area contributed by atoms with Crippen molar-refractivity contribution in [1.82, 2.24) is 4.81 Å². The van der Waals surface area contributed by atoms with Crippen molar-refractivity contribution in [3.63, 3.8) is 0 Å². The van der Waals surface area contributed by atoms with E-state index in [2.05, 4.69) is 70.8 Å². The van der Waals surface area contributed by atoms with E-state index >= 15 is 0 Å². The van der Waals surface area contributed by atoms with Crippen LogP contribution < -0.4 is 5.32 Å². The molecule has 1 heterocycles. The van der Waals surface area contributed by atoms with Crippen LogP contribution in [0.5, 0.6) is 0 Å². The first-order valence-corrected chi connectivity index (χ1v) is 8.20. The van der Waals surface area contributed by atoms with Gasteiger partial charge in [0.1, 0.15) is 0 Å². The van der Waals surface area contributed by atoms with Crippen molar-refractivity contribution in [2.75, 3.05) is 11.9 Å². The molecule has 118 valence electrons. The minimum atomic E-state index is -0.173. The highest BCUT2D eigenvalue weighted by atomic mass is 15.1. The second kappa shape index (κ2) is 6.12. The van der Waals surface area contributed by atoms with Gasteiger partial charge in [-0.05, 0) is 43.9 Å². The molecule has 1 aliphatic rings. The van der Waals surface area contributed by atoms with Gasteiger partial charge < -0.3 is 10.1 Å². The maximum absolute atomic E-state index is 6.23. The Morgan fingerprint density at radius 2 is 1.91 bits per heavy atom. The van der Waals surface area contributed by atoms with Crippen molar-refractivity contribution in [2.45, 2.75) is 58.5 Å². The summed E-state index contributed by atoms with van der Waals surface area (Å²) in [5, 5.41) is 3.72. The zero-order valence-electron chi connectivity index (χ0n) is 14.7. The zero-order valence-corrected chi connectivity index (χ0v) is 14.7. The smallest absolute Gasteiger partial charge is 0.183 e. The van der Waals surface area contributed by atoms with E-state index in [9.17, 15) is 0 Å². The third-order valence-electron chi connectivity index (χ3n) is 5.34. The fraction of sp³-hybridized carbons (Fsp3) is 0.579. The van der Waals surface area contributed by atoms with Gasteiger partial charge in [0.25, 0.3) is 0 Å². The van der Waals surface area contributed by atoms with E-state index in [0.29, 0.717) is 12.0 Å². The molecule has 0 fully saturated rings. The molecule has 0 saturated heterocycles. The Labute approximate surface area is 137 Å². The maximum Gasteiger partial charge on any atom is 0.183 e. The third-order valence-corrected chi connectivity index (χ3v) is 5.34. The van der Waals surface area contributed by atoms with Gasteiger partial charge in [-0.2, -0.15) is 0 Å². The highest BCUT2D eigenvalue weighted by molar-refractivity contribution is 6.05. The number of fused-ring (bicyclic) bond motifs is 1. The van der Waals surface area contributed by atoms with Crippen LogP contribution in [0.4, 0.5) is 5.69 Å². The van der Waals surface area contributed by atoms with Crippen LogP contribution in [0, 0.1) is 5.41 Å². The van der Waals surface area contributed by atoms with Crippen molar-refractivity contribution >= 4 is 13.7 Å². The molecule has 1 aromatic rings. The summed E-state index contributed by atoms with van der Waals surface area (Å²) in [5.74, 6) is 0.518. The molecule has 0 amide bonds. The molecular formula is C19H29BN2. The van der Waals surface area contributed by atoms with Gasteiger partial charge >= 0.3 is 0 Å². The Bertz CT molecular complexity index is 536. The lowest BCUT2D eigenvalue weighted by atomic mass is 9.75. The Morgan fingerprint density at radius 3 is 2.50 bits per heavy atom. The molecule has 0 aliphatic carbocycles. The molecule has 3 heteroatoms. The molecule has 1 aliphatic heterocycles. The molecule has 2 rings (SSSR count). The lowest BCUT2D eigenvalue weighted by Crippen LogP contribution is -2.44. The van der Waals surface area contributed by atoms with Crippen molar-refractivity contribution in [1.29, 1.82) is 0 Å². The summed E-state index contributed by atoms with van der Waals surface area (Å²) in [6, 6.07) is 9.07. The Morgan fingerprint density at radius 1 is 1.27 bits per heavy atom. The van der Waals surface area contributed by atoms with E-state index in [0.717, 1.165) is 13.0 Å². The number of nitrogens with one attached hydrogen (secondary N) is 1. The predicted octanol–water partition coefficient (Wildman–Crippen LogP) is 4.35. The number of benzene rings is 1. The fourth-order valence-electron chi connectivity index (χ4n) is 3.34. The van der Waals surface area contributed by atoms with Crippen LogP contribution in [0.25, 0.3) is 0 Å². The molecule has 1 N–H and O–H groups in total. The van der Waals surface area contributed by atoms with Crippen LogP contribution in [0.3, 0.4) is 0 Å². The quantitative estimate of drug-likeness (QED) is 0.620. The SMILES string of the molecule is [B]N(CCC(C)(C)[C@@H]1Nc2ccccc2[C@@H]1C)C(C)(C)C=C.